The summed E-state index contributed by atoms with van der Waals surface area (Å²) in [5.41, 5.74) is 0. The lowest BCUT2D eigenvalue weighted by molar-refractivity contribution is -0.228. The van der Waals surface area contributed by atoms with E-state index < -0.39 is 36.9 Å². The van der Waals surface area contributed by atoms with Crippen LogP contribution in [-0.2, 0) is 23.8 Å². The lowest BCUT2D eigenvalue weighted by atomic mass is 10.3. The average Bonchev–Trinajstić information content (AvgIpc) is 2.15. The first kappa shape index (κ1) is 16.9. The molecular weight excluding hydrogens is 257 g/mol. The molecule has 5 nitrogen and oxygen atoms in total. The zero-order valence-corrected chi connectivity index (χ0v) is 10.2. The van der Waals surface area contributed by atoms with E-state index >= 15 is 0 Å². The molecule has 0 aliphatic heterocycles. The van der Waals surface area contributed by atoms with Crippen molar-refractivity contribution < 1.29 is 37.0 Å². The van der Waals surface area contributed by atoms with E-state index in [9.17, 15) is 22.8 Å². The number of rotatable bonds is 7. The van der Waals surface area contributed by atoms with E-state index in [0.717, 1.165) is 0 Å². The van der Waals surface area contributed by atoms with Gasteiger partial charge in [-0.15, -0.1) is 0 Å². The van der Waals surface area contributed by atoms with Crippen molar-refractivity contribution in [3.8, 4) is 0 Å². The minimum atomic E-state index is -5.04. The molecule has 106 valence electrons. The average molecular weight is 272 g/mol. The topological polar surface area (TPSA) is 61.8 Å². The molecule has 18 heavy (non-hydrogen) atoms. The van der Waals surface area contributed by atoms with Crippen LogP contribution in [0.15, 0.2) is 0 Å². The highest BCUT2D eigenvalue weighted by Gasteiger charge is 2.39. The Hall–Kier alpha value is -1.15. The highest BCUT2D eigenvalue weighted by molar-refractivity contribution is 5.98. The molecule has 0 aromatic rings. The summed E-state index contributed by atoms with van der Waals surface area (Å²) in [5, 5.41) is 0. The number of ketones is 1. The summed E-state index contributed by atoms with van der Waals surface area (Å²) in [6.07, 6.45) is -8.17. The number of carbonyl (C=O) groups is 2. The van der Waals surface area contributed by atoms with Crippen LogP contribution in [-0.4, -0.2) is 37.1 Å². The van der Waals surface area contributed by atoms with Crippen molar-refractivity contribution in [3.63, 3.8) is 0 Å². The van der Waals surface area contributed by atoms with E-state index in [1.165, 1.54) is 13.8 Å². The minimum Gasteiger partial charge on any atom is -0.436 e. The molecule has 0 radical (unpaired) electrons. The second-order valence-electron chi connectivity index (χ2n) is 3.31. The molecule has 2 unspecified atom stereocenters. The maximum atomic E-state index is 11.8. The molecule has 2 atom stereocenters. The Morgan fingerprint density at radius 2 is 1.72 bits per heavy atom. The lowest BCUT2D eigenvalue weighted by Crippen LogP contribution is -2.29. The van der Waals surface area contributed by atoms with Crippen LogP contribution in [0.3, 0.4) is 0 Å². The van der Waals surface area contributed by atoms with Crippen molar-refractivity contribution >= 4 is 11.8 Å². The molecule has 0 aromatic heterocycles. The zero-order chi connectivity index (χ0) is 14.3. The number of hydrogen-bond donors (Lipinski definition) is 0. The van der Waals surface area contributed by atoms with Gasteiger partial charge in [0.2, 0.25) is 12.1 Å². The Morgan fingerprint density at radius 1 is 1.17 bits per heavy atom. The monoisotopic (exact) mass is 272 g/mol. The van der Waals surface area contributed by atoms with Crippen LogP contribution < -0.4 is 0 Å². The normalized spacial score (nSPS) is 15.0. The fourth-order valence-corrected chi connectivity index (χ4v) is 1.03. The fourth-order valence-electron chi connectivity index (χ4n) is 1.03. The van der Waals surface area contributed by atoms with Crippen molar-refractivity contribution in [2.75, 3.05) is 6.61 Å². The molecule has 0 aliphatic rings. The summed E-state index contributed by atoms with van der Waals surface area (Å²) in [4.78, 5) is 21.5. The van der Waals surface area contributed by atoms with E-state index in [2.05, 4.69) is 4.74 Å². The molecule has 0 bridgehead atoms. The van der Waals surface area contributed by atoms with Crippen LogP contribution in [0.1, 0.15) is 27.2 Å². The Morgan fingerprint density at radius 3 is 2.17 bits per heavy atom. The number of alkyl halides is 3. The Kier molecular flexibility index (Phi) is 6.85. The summed E-state index contributed by atoms with van der Waals surface area (Å²) in [6.45, 7) is 4.94. The smallest absolute Gasteiger partial charge is 0.436 e. The van der Waals surface area contributed by atoms with Crippen molar-refractivity contribution in [1.29, 1.82) is 0 Å². The van der Waals surface area contributed by atoms with Gasteiger partial charge < -0.3 is 14.2 Å². The Labute approximate surface area is 102 Å². The molecule has 0 N–H and O–H groups in total. The van der Waals surface area contributed by atoms with Gasteiger partial charge in [-0.1, -0.05) is 0 Å². The second-order valence-corrected chi connectivity index (χ2v) is 3.31. The summed E-state index contributed by atoms with van der Waals surface area (Å²) in [5.74, 6) is -3.45. The maximum absolute atomic E-state index is 11.8. The van der Waals surface area contributed by atoms with Crippen LogP contribution in [0.2, 0.25) is 0 Å². The first-order valence-electron chi connectivity index (χ1n) is 5.23. The van der Waals surface area contributed by atoms with Crippen LogP contribution >= 0.6 is 0 Å². The molecule has 0 spiro atoms. The number of halogens is 3. The molecule has 0 aliphatic carbocycles. The molecule has 0 saturated heterocycles. The molecule has 0 fully saturated rings. The molecule has 0 aromatic carbocycles. The third-order valence-electron chi connectivity index (χ3n) is 1.70. The second kappa shape index (κ2) is 7.32. The maximum Gasteiger partial charge on any atom is 0.450 e. The van der Waals surface area contributed by atoms with Gasteiger partial charge in [0.25, 0.3) is 0 Å². The third-order valence-corrected chi connectivity index (χ3v) is 1.70. The van der Waals surface area contributed by atoms with Crippen molar-refractivity contribution in [3.05, 3.63) is 0 Å². The van der Waals surface area contributed by atoms with Gasteiger partial charge in [-0.05, 0) is 20.8 Å². The standard InChI is InChI=1S/C10H15F3O5/c1-4-16-6(2)17-7(3)18-9(15)5-8(14)10(11,12)13/h6-7H,4-5H2,1-3H3. The number of carbonyl (C=O) groups excluding carboxylic acids is 2. The van der Waals surface area contributed by atoms with Gasteiger partial charge >= 0.3 is 12.1 Å². The van der Waals surface area contributed by atoms with Crippen molar-refractivity contribution in [2.45, 2.75) is 45.9 Å². The summed E-state index contributed by atoms with van der Waals surface area (Å²) >= 11 is 0. The summed E-state index contributed by atoms with van der Waals surface area (Å²) in [7, 11) is 0. The van der Waals surface area contributed by atoms with E-state index in [1.807, 2.05) is 0 Å². The SMILES string of the molecule is CCOC(C)OC(C)OC(=O)CC(=O)C(F)(F)F. The summed E-state index contributed by atoms with van der Waals surface area (Å²) in [6, 6.07) is 0. The van der Waals surface area contributed by atoms with Gasteiger partial charge in [0.15, 0.2) is 6.29 Å². The predicted molar refractivity (Wildman–Crippen MR) is 53.4 cm³/mol. The highest BCUT2D eigenvalue weighted by Crippen LogP contribution is 2.18. The van der Waals surface area contributed by atoms with Gasteiger partial charge in [-0.2, -0.15) is 13.2 Å². The minimum absolute atomic E-state index is 0.369. The van der Waals surface area contributed by atoms with Crippen LogP contribution in [0.5, 0.6) is 0 Å². The molecular formula is C10H15F3O5. The Balaban J connectivity index is 4.05. The first-order valence-corrected chi connectivity index (χ1v) is 5.23. The van der Waals surface area contributed by atoms with Gasteiger partial charge in [0.05, 0.1) is 0 Å². The molecule has 0 amide bonds. The Bertz CT molecular complexity index is 290. The number of ether oxygens (including phenoxy) is 3. The van der Waals surface area contributed by atoms with Crippen LogP contribution in [0, 0.1) is 0 Å². The third kappa shape index (κ3) is 7.23. The number of esters is 1. The number of hydrogen-bond acceptors (Lipinski definition) is 5. The van der Waals surface area contributed by atoms with Gasteiger partial charge in [0.1, 0.15) is 6.42 Å². The summed E-state index contributed by atoms with van der Waals surface area (Å²) < 4.78 is 50.0. The fraction of sp³-hybridized carbons (Fsp3) is 0.800. The van der Waals surface area contributed by atoms with Gasteiger partial charge in [0, 0.05) is 6.61 Å². The quantitative estimate of drug-likeness (QED) is 0.402. The van der Waals surface area contributed by atoms with Crippen LogP contribution in [0.4, 0.5) is 13.2 Å². The number of Topliss-reactive ketones (excluding diaryl/α,β-unsaturated/α-hetero) is 1. The van der Waals surface area contributed by atoms with E-state index in [1.54, 1.807) is 6.92 Å². The van der Waals surface area contributed by atoms with E-state index in [0.29, 0.717) is 6.61 Å². The van der Waals surface area contributed by atoms with Gasteiger partial charge in [-0.3, -0.25) is 9.59 Å². The van der Waals surface area contributed by atoms with Gasteiger partial charge in [-0.25, -0.2) is 0 Å². The predicted octanol–water partition coefficient (Wildman–Crippen LogP) is 1.80. The molecule has 0 rings (SSSR count). The zero-order valence-electron chi connectivity index (χ0n) is 10.2. The van der Waals surface area contributed by atoms with E-state index in [-0.39, 0.29) is 0 Å². The first-order chi connectivity index (χ1) is 8.16. The largest absolute Gasteiger partial charge is 0.450 e. The lowest BCUT2D eigenvalue weighted by Gasteiger charge is -2.19. The van der Waals surface area contributed by atoms with Crippen molar-refractivity contribution in [2.24, 2.45) is 0 Å². The highest BCUT2D eigenvalue weighted by atomic mass is 19.4. The van der Waals surface area contributed by atoms with Crippen molar-refractivity contribution in [1.82, 2.24) is 0 Å². The molecule has 8 heteroatoms. The van der Waals surface area contributed by atoms with Crippen LogP contribution in [0.25, 0.3) is 0 Å². The van der Waals surface area contributed by atoms with E-state index in [4.69, 9.17) is 9.47 Å². The molecule has 0 heterocycles. The molecule has 0 saturated carbocycles.